The number of aromatic nitrogens is 1. The topological polar surface area (TPSA) is 24.9 Å². The van der Waals surface area contributed by atoms with E-state index < -0.39 is 0 Å². The van der Waals surface area contributed by atoms with Gasteiger partial charge in [-0.1, -0.05) is 19.9 Å². The molecule has 0 spiro atoms. The maximum absolute atomic E-state index is 4.66. The zero-order chi connectivity index (χ0) is 11.9. The molecule has 3 rings (SSSR count). The molecule has 0 saturated heterocycles. The number of nitrogens with one attached hydrogen (secondary N) is 1. The van der Waals surface area contributed by atoms with E-state index >= 15 is 0 Å². The molecule has 0 radical (unpaired) electrons. The van der Waals surface area contributed by atoms with Crippen LogP contribution in [0.5, 0.6) is 0 Å². The zero-order valence-corrected chi connectivity index (χ0v) is 11.9. The Hall–Kier alpha value is -1.02. The molecule has 98 valence electrons. The van der Waals surface area contributed by atoms with E-state index in [1.807, 2.05) is 0 Å². The molecule has 0 unspecified atom stereocenters. The SMILES string of the molecule is CC1(C)CNc2cc(C3=CCCCC3)ncc21.Cl. The van der Waals surface area contributed by atoms with Crippen LogP contribution in [-0.4, -0.2) is 11.5 Å². The van der Waals surface area contributed by atoms with Gasteiger partial charge in [0, 0.05) is 29.4 Å². The lowest BCUT2D eigenvalue weighted by Crippen LogP contribution is -2.19. The van der Waals surface area contributed by atoms with Crippen molar-refractivity contribution >= 4 is 23.7 Å². The second kappa shape index (κ2) is 4.93. The second-order valence-electron chi connectivity index (χ2n) is 5.83. The van der Waals surface area contributed by atoms with Gasteiger partial charge in [-0.25, -0.2) is 0 Å². The summed E-state index contributed by atoms with van der Waals surface area (Å²) in [6.07, 6.45) is 9.48. The normalized spacial score (nSPS) is 20.4. The first-order valence-corrected chi connectivity index (χ1v) is 6.61. The van der Waals surface area contributed by atoms with Gasteiger partial charge in [0.05, 0.1) is 5.69 Å². The molecule has 0 atom stereocenters. The van der Waals surface area contributed by atoms with E-state index in [1.54, 1.807) is 0 Å². The van der Waals surface area contributed by atoms with Gasteiger partial charge in [0.15, 0.2) is 0 Å². The van der Waals surface area contributed by atoms with E-state index in [-0.39, 0.29) is 17.8 Å². The van der Waals surface area contributed by atoms with Crippen LogP contribution in [0.4, 0.5) is 5.69 Å². The molecule has 0 amide bonds. The van der Waals surface area contributed by atoms with E-state index in [4.69, 9.17) is 0 Å². The van der Waals surface area contributed by atoms with Gasteiger partial charge in [-0.3, -0.25) is 4.98 Å². The lowest BCUT2D eigenvalue weighted by atomic mass is 9.87. The molecule has 2 aliphatic rings. The Bertz CT molecular complexity index is 477. The molecule has 0 fully saturated rings. The van der Waals surface area contributed by atoms with Crippen LogP contribution >= 0.6 is 12.4 Å². The molecule has 0 bridgehead atoms. The molecule has 3 heteroatoms. The summed E-state index contributed by atoms with van der Waals surface area (Å²) in [4.78, 5) is 4.66. The van der Waals surface area contributed by atoms with Crippen molar-refractivity contribution in [1.82, 2.24) is 4.98 Å². The van der Waals surface area contributed by atoms with Crippen molar-refractivity contribution in [2.75, 3.05) is 11.9 Å². The molecular weight excluding hydrogens is 244 g/mol. The fourth-order valence-corrected chi connectivity index (χ4v) is 2.80. The minimum atomic E-state index is 0. The Balaban J connectivity index is 0.00000120. The Morgan fingerprint density at radius 2 is 2.11 bits per heavy atom. The molecule has 2 nitrogen and oxygen atoms in total. The first kappa shape index (κ1) is 13.4. The lowest BCUT2D eigenvalue weighted by Gasteiger charge is -2.17. The first-order valence-electron chi connectivity index (χ1n) is 6.61. The largest absolute Gasteiger partial charge is 0.384 e. The number of anilines is 1. The monoisotopic (exact) mass is 264 g/mol. The summed E-state index contributed by atoms with van der Waals surface area (Å²) in [6.45, 7) is 5.56. The molecule has 1 aromatic heterocycles. The predicted molar refractivity (Wildman–Crippen MR) is 79.4 cm³/mol. The van der Waals surface area contributed by atoms with Gasteiger partial charge >= 0.3 is 0 Å². The van der Waals surface area contributed by atoms with Crippen molar-refractivity contribution < 1.29 is 0 Å². The molecule has 2 heterocycles. The van der Waals surface area contributed by atoms with Crippen molar-refractivity contribution in [2.24, 2.45) is 0 Å². The van der Waals surface area contributed by atoms with Gasteiger partial charge in [0.1, 0.15) is 0 Å². The maximum Gasteiger partial charge on any atom is 0.0679 e. The third-order valence-electron chi connectivity index (χ3n) is 3.97. The molecule has 18 heavy (non-hydrogen) atoms. The molecule has 0 saturated carbocycles. The van der Waals surface area contributed by atoms with Crippen molar-refractivity contribution in [2.45, 2.75) is 44.9 Å². The minimum Gasteiger partial charge on any atom is -0.384 e. The molecule has 1 aliphatic carbocycles. The highest BCUT2D eigenvalue weighted by molar-refractivity contribution is 5.85. The van der Waals surface area contributed by atoms with Gasteiger partial charge < -0.3 is 5.32 Å². The highest BCUT2D eigenvalue weighted by Crippen LogP contribution is 2.37. The Kier molecular flexibility index (Phi) is 3.67. The van der Waals surface area contributed by atoms with Crippen LogP contribution < -0.4 is 5.32 Å². The van der Waals surface area contributed by atoms with Crippen LogP contribution in [0.2, 0.25) is 0 Å². The predicted octanol–water partition coefficient (Wildman–Crippen LogP) is 4.16. The fourth-order valence-electron chi connectivity index (χ4n) is 2.80. The highest BCUT2D eigenvalue weighted by Gasteiger charge is 2.30. The Morgan fingerprint density at radius 3 is 2.83 bits per heavy atom. The number of hydrogen-bond donors (Lipinski definition) is 1. The van der Waals surface area contributed by atoms with E-state index in [0.29, 0.717) is 0 Å². The van der Waals surface area contributed by atoms with Crippen molar-refractivity contribution in [3.8, 4) is 0 Å². The number of hydrogen-bond acceptors (Lipinski definition) is 2. The van der Waals surface area contributed by atoms with E-state index in [2.05, 4.69) is 42.5 Å². The second-order valence-corrected chi connectivity index (χ2v) is 5.83. The van der Waals surface area contributed by atoms with Gasteiger partial charge in [-0.2, -0.15) is 0 Å². The number of allylic oxidation sites excluding steroid dienone is 2. The number of fused-ring (bicyclic) bond motifs is 1. The van der Waals surface area contributed by atoms with Crippen molar-refractivity contribution in [3.63, 3.8) is 0 Å². The Labute approximate surface area is 115 Å². The molecule has 1 N–H and O–H groups in total. The van der Waals surface area contributed by atoms with Crippen molar-refractivity contribution in [3.05, 3.63) is 29.6 Å². The van der Waals surface area contributed by atoms with E-state index in [0.717, 1.165) is 6.54 Å². The third-order valence-corrected chi connectivity index (χ3v) is 3.97. The molecule has 0 aromatic carbocycles. The molecule has 1 aromatic rings. The quantitative estimate of drug-likeness (QED) is 0.824. The van der Waals surface area contributed by atoms with Crippen LogP contribution in [0, 0.1) is 0 Å². The van der Waals surface area contributed by atoms with Crippen LogP contribution in [0.25, 0.3) is 5.57 Å². The van der Waals surface area contributed by atoms with Crippen LogP contribution in [0.15, 0.2) is 18.3 Å². The zero-order valence-electron chi connectivity index (χ0n) is 11.1. The highest BCUT2D eigenvalue weighted by atomic mass is 35.5. The van der Waals surface area contributed by atoms with Gasteiger partial charge in [-0.15, -0.1) is 12.4 Å². The lowest BCUT2D eigenvalue weighted by molar-refractivity contribution is 0.584. The smallest absolute Gasteiger partial charge is 0.0679 e. The van der Waals surface area contributed by atoms with Crippen LogP contribution in [0.3, 0.4) is 0 Å². The molecular formula is C15H21ClN2. The van der Waals surface area contributed by atoms with Crippen LogP contribution in [0.1, 0.15) is 50.8 Å². The van der Waals surface area contributed by atoms with Gasteiger partial charge in [0.2, 0.25) is 0 Å². The van der Waals surface area contributed by atoms with Gasteiger partial charge in [0.25, 0.3) is 0 Å². The molecule has 1 aliphatic heterocycles. The number of nitrogens with zero attached hydrogens (tertiary/aromatic N) is 1. The van der Waals surface area contributed by atoms with Crippen LogP contribution in [-0.2, 0) is 5.41 Å². The average Bonchev–Trinajstić information content (AvgIpc) is 2.66. The third kappa shape index (κ3) is 2.26. The summed E-state index contributed by atoms with van der Waals surface area (Å²) in [7, 11) is 0. The maximum atomic E-state index is 4.66. The summed E-state index contributed by atoms with van der Waals surface area (Å²) in [5, 5.41) is 3.50. The van der Waals surface area contributed by atoms with E-state index in [1.165, 1.54) is 48.2 Å². The summed E-state index contributed by atoms with van der Waals surface area (Å²) in [6, 6.07) is 2.24. The Morgan fingerprint density at radius 1 is 1.28 bits per heavy atom. The standard InChI is InChI=1S/C15H20N2.ClH/c1-15(2)10-17-14-8-13(16-9-12(14)15)11-6-4-3-5-7-11;/h6,8-9,17H,3-5,7,10H2,1-2H3;1H. The minimum absolute atomic E-state index is 0. The first-order chi connectivity index (χ1) is 8.17. The summed E-state index contributed by atoms with van der Waals surface area (Å²) < 4.78 is 0. The number of pyridine rings is 1. The van der Waals surface area contributed by atoms with Crippen molar-refractivity contribution in [1.29, 1.82) is 0 Å². The van der Waals surface area contributed by atoms with E-state index in [9.17, 15) is 0 Å². The summed E-state index contributed by atoms with van der Waals surface area (Å²) in [5.41, 5.74) is 5.48. The average molecular weight is 265 g/mol. The fraction of sp³-hybridized carbons (Fsp3) is 0.533. The number of halogens is 1. The van der Waals surface area contributed by atoms with Gasteiger partial charge in [-0.05, 0) is 37.3 Å². The summed E-state index contributed by atoms with van der Waals surface area (Å²) in [5.74, 6) is 0. The summed E-state index contributed by atoms with van der Waals surface area (Å²) >= 11 is 0. The number of rotatable bonds is 1.